The van der Waals surface area contributed by atoms with Crippen LogP contribution in [0.3, 0.4) is 0 Å². The summed E-state index contributed by atoms with van der Waals surface area (Å²) in [4.78, 5) is 53.8. The SMILES string of the molecule is CCCCCCN(C(=O)C(CC(C)C)NC(=O)OC(C)(C)C)C(C(=O)NCCC(=O)OCC)c1ccccc1. The average Bonchev–Trinajstić information content (AvgIpc) is 2.84. The Labute approximate surface area is 234 Å². The third-order valence-corrected chi connectivity index (χ3v) is 5.84. The molecule has 2 unspecified atom stereocenters. The minimum atomic E-state index is -0.933. The first-order valence-electron chi connectivity index (χ1n) is 14.2. The van der Waals surface area contributed by atoms with Gasteiger partial charge in [-0.15, -0.1) is 0 Å². The smallest absolute Gasteiger partial charge is 0.408 e. The summed E-state index contributed by atoms with van der Waals surface area (Å²) in [7, 11) is 0. The van der Waals surface area contributed by atoms with E-state index in [0.29, 0.717) is 24.9 Å². The molecule has 0 saturated heterocycles. The topological polar surface area (TPSA) is 114 Å². The molecule has 0 fully saturated rings. The summed E-state index contributed by atoms with van der Waals surface area (Å²) in [5.74, 6) is -1.04. The molecule has 1 rings (SSSR count). The van der Waals surface area contributed by atoms with Gasteiger partial charge in [0, 0.05) is 13.1 Å². The lowest BCUT2D eigenvalue weighted by atomic mass is 9.98. The molecule has 9 nitrogen and oxygen atoms in total. The number of benzene rings is 1. The fourth-order valence-electron chi connectivity index (χ4n) is 4.14. The van der Waals surface area contributed by atoms with Gasteiger partial charge in [-0.2, -0.15) is 0 Å². The quantitative estimate of drug-likeness (QED) is 0.219. The molecule has 0 bridgehead atoms. The van der Waals surface area contributed by atoms with Crippen molar-refractivity contribution in [1.29, 1.82) is 0 Å². The molecule has 0 radical (unpaired) electrons. The average molecular weight is 548 g/mol. The Bertz CT molecular complexity index is 898. The third-order valence-electron chi connectivity index (χ3n) is 5.84. The largest absolute Gasteiger partial charge is 0.466 e. The van der Waals surface area contributed by atoms with Crippen molar-refractivity contribution in [2.45, 2.75) is 105 Å². The monoisotopic (exact) mass is 547 g/mol. The van der Waals surface area contributed by atoms with Crippen molar-refractivity contribution in [3.8, 4) is 0 Å². The predicted molar refractivity (Wildman–Crippen MR) is 152 cm³/mol. The van der Waals surface area contributed by atoms with Gasteiger partial charge in [0.05, 0.1) is 13.0 Å². The molecule has 0 heterocycles. The van der Waals surface area contributed by atoms with Crippen molar-refractivity contribution in [1.82, 2.24) is 15.5 Å². The number of alkyl carbamates (subject to hydrolysis) is 1. The molecular formula is C30H49N3O6. The molecule has 0 aromatic heterocycles. The number of carbonyl (C=O) groups is 4. The van der Waals surface area contributed by atoms with Gasteiger partial charge in [-0.3, -0.25) is 14.4 Å². The Balaban J connectivity index is 3.35. The highest BCUT2D eigenvalue weighted by molar-refractivity contribution is 5.92. The molecule has 39 heavy (non-hydrogen) atoms. The number of nitrogens with zero attached hydrogens (tertiary/aromatic N) is 1. The molecule has 1 aromatic rings. The maximum atomic E-state index is 14.1. The molecule has 1 aromatic carbocycles. The lowest BCUT2D eigenvalue weighted by Crippen LogP contribution is -2.53. The van der Waals surface area contributed by atoms with Gasteiger partial charge in [0.15, 0.2) is 0 Å². The van der Waals surface area contributed by atoms with Gasteiger partial charge >= 0.3 is 12.1 Å². The number of nitrogens with one attached hydrogen (secondary N) is 2. The van der Waals surface area contributed by atoms with Crippen LogP contribution in [-0.4, -0.2) is 60.1 Å². The van der Waals surface area contributed by atoms with Gasteiger partial charge in [-0.25, -0.2) is 4.79 Å². The lowest BCUT2D eigenvalue weighted by molar-refractivity contribution is -0.144. The van der Waals surface area contributed by atoms with Crippen molar-refractivity contribution in [3.63, 3.8) is 0 Å². The molecule has 0 aliphatic rings. The molecule has 220 valence electrons. The molecule has 9 heteroatoms. The highest BCUT2D eigenvalue weighted by Gasteiger charge is 2.36. The number of unbranched alkanes of at least 4 members (excludes halogenated alkanes) is 3. The van der Waals surface area contributed by atoms with Crippen LogP contribution in [0.2, 0.25) is 0 Å². The number of rotatable bonds is 16. The van der Waals surface area contributed by atoms with Crippen LogP contribution in [0, 0.1) is 5.92 Å². The van der Waals surface area contributed by atoms with E-state index in [2.05, 4.69) is 17.6 Å². The van der Waals surface area contributed by atoms with E-state index in [9.17, 15) is 19.2 Å². The first-order valence-corrected chi connectivity index (χ1v) is 14.2. The van der Waals surface area contributed by atoms with Crippen LogP contribution < -0.4 is 10.6 Å². The van der Waals surface area contributed by atoms with Crippen molar-refractivity contribution in [3.05, 3.63) is 35.9 Å². The Hall–Kier alpha value is -3.10. The number of hydrogen-bond donors (Lipinski definition) is 2. The molecule has 0 saturated carbocycles. The summed E-state index contributed by atoms with van der Waals surface area (Å²) in [5, 5.41) is 5.57. The summed E-state index contributed by atoms with van der Waals surface area (Å²) in [5.41, 5.74) is -0.0728. The van der Waals surface area contributed by atoms with Crippen LogP contribution in [-0.2, 0) is 23.9 Å². The molecule has 2 N–H and O–H groups in total. The van der Waals surface area contributed by atoms with E-state index < -0.39 is 35.7 Å². The second-order valence-corrected chi connectivity index (χ2v) is 11.1. The molecule has 0 spiro atoms. The lowest BCUT2D eigenvalue weighted by Gasteiger charge is -2.35. The van der Waals surface area contributed by atoms with Crippen molar-refractivity contribution < 1.29 is 28.7 Å². The van der Waals surface area contributed by atoms with E-state index in [1.165, 1.54) is 0 Å². The predicted octanol–water partition coefficient (Wildman–Crippen LogP) is 5.15. The van der Waals surface area contributed by atoms with Crippen LogP contribution in [0.1, 0.15) is 98.6 Å². The first kappa shape index (κ1) is 33.9. The summed E-state index contributed by atoms with van der Waals surface area (Å²) in [6, 6.07) is 7.29. The molecule has 0 aliphatic carbocycles. The van der Waals surface area contributed by atoms with Gasteiger partial charge in [0.2, 0.25) is 11.8 Å². The van der Waals surface area contributed by atoms with Gasteiger partial charge in [0.25, 0.3) is 0 Å². The van der Waals surface area contributed by atoms with E-state index in [1.54, 1.807) is 44.7 Å². The van der Waals surface area contributed by atoms with Crippen LogP contribution in [0.4, 0.5) is 4.79 Å². The second kappa shape index (κ2) is 17.5. The van der Waals surface area contributed by atoms with Crippen LogP contribution in [0.5, 0.6) is 0 Å². The number of carbonyl (C=O) groups excluding carboxylic acids is 4. The van der Waals surface area contributed by atoms with E-state index in [1.807, 2.05) is 32.0 Å². The third kappa shape index (κ3) is 13.5. The van der Waals surface area contributed by atoms with E-state index in [0.717, 1.165) is 19.3 Å². The van der Waals surface area contributed by atoms with Crippen LogP contribution in [0.25, 0.3) is 0 Å². The van der Waals surface area contributed by atoms with Gasteiger partial charge in [0.1, 0.15) is 17.7 Å². The zero-order valence-corrected chi connectivity index (χ0v) is 24.9. The minimum absolute atomic E-state index is 0.0295. The van der Waals surface area contributed by atoms with Crippen LogP contribution in [0.15, 0.2) is 30.3 Å². The van der Waals surface area contributed by atoms with Gasteiger partial charge in [-0.05, 0) is 52.0 Å². The van der Waals surface area contributed by atoms with Crippen molar-refractivity contribution in [2.24, 2.45) is 5.92 Å². The maximum Gasteiger partial charge on any atom is 0.408 e. The maximum absolute atomic E-state index is 14.1. The fraction of sp³-hybridized carbons (Fsp3) is 0.667. The fourth-order valence-corrected chi connectivity index (χ4v) is 4.14. The zero-order chi connectivity index (χ0) is 29.4. The van der Waals surface area contributed by atoms with Crippen molar-refractivity contribution >= 4 is 23.9 Å². The summed E-state index contributed by atoms with van der Waals surface area (Å²) in [6.45, 7) is 13.8. The Morgan fingerprint density at radius 1 is 0.974 bits per heavy atom. The van der Waals surface area contributed by atoms with Crippen LogP contribution >= 0.6 is 0 Å². The number of amides is 3. The van der Waals surface area contributed by atoms with Gasteiger partial charge in [-0.1, -0.05) is 70.4 Å². The van der Waals surface area contributed by atoms with Crippen molar-refractivity contribution in [2.75, 3.05) is 19.7 Å². The molecule has 2 atom stereocenters. The van der Waals surface area contributed by atoms with Gasteiger partial charge < -0.3 is 25.0 Å². The zero-order valence-electron chi connectivity index (χ0n) is 24.9. The normalized spacial score (nSPS) is 12.8. The number of esters is 1. The minimum Gasteiger partial charge on any atom is -0.466 e. The summed E-state index contributed by atoms with van der Waals surface area (Å²) in [6.07, 6.45) is 3.38. The van der Waals surface area contributed by atoms with E-state index in [4.69, 9.17) is 9.47 Å². The molecule has 3 amide bonds. The Morgan fingerprint density at radius 3 is 2.21 bits per heavy atom. The Morgan fingerprint density at radius 2 is 1.64 bits per heavy atom. The standard InChI is InChI=1S/C30H49N3O6/c1-8-10-11-15-20-33(28(36)24(21-22(3)4)32-29(37)39-30(5,6)7)26(23-16-13-12-14-17-23)27(35)31-19-18-25(34)38-9-2/h12-14,16-17,22,24,26H,8-11,15,18-21H2,1-7H3,(H,31,35)(H,32,37). The first-order chi connectivity index (χ1) is 18.4. The van der Waals surface area contributed by atoms with E-state index >= 15 is 0 Å². The summed E-state index contributed by atoms with van der Waals surface area (Å²) < 4.78 is 10.4. The highest BCUT2D eigenvalue weighted by Crippen LogP contribution is 2.25. The second-order valence-electron chi connectivity index (χ2n) is 11.1. The Kier molecular flexibility index (Phi) is 15.2. The number of ether oxygens (including phenoxy) is 2. The van der Waals surface area contributed by atoms with E-state index in [-0.39, 0.29) is 31.4 Å². The molecular weight excluding hydrogens is 498 g/mol. The summed E-state index contributed by atoms with van der Waals surface area (Å²) >= 11 is 0. The number of hydrogen-bond acceptors (Lipinski definition) is 6. The highest BCUT2D eigenvalue weighted by atomic mass is 16.6. The molecule has 0 aliphatic heterocycles.